The molecule has 13 heteroatoms. The average molecular weight is 449 g/mol. The molecule has 0 saturated carbocycles. The second-order valence-electron chi connectivity index (χ2n) is 6.18. The van der Waals surface area contributed by atoms with Gasteiger partial charge in [0.1, 0.15) is 0 Å². The minimum absolute atomic E-state index is 0.0348. The van der Waals surface area contributed by atoms with Crippen molar-refractivity contribution in [2.75, 3.05) is 17.2 Å². The number of anilines is 4. The van der Waals surface area contributed by atoms with Crippen molar-refractivity contribution in [3.8, 4) is 6.01 Å². The Morgan fingerprint density at radius 2 is 1.19 bits per heavy atom. The van der Waals surface area contributed by atoms with Crippen LogP contribution in [0.25, 0.3) is 0 Å². The molecule has 0 unspecified atom stereocenters. The normalized spacial score (nSPS) is 11.0. The summed E-state index contributed by atoms with van der Waals surface area (Å²) < 4.78 is 42.2. The van der Waals surface area contributed by atoms with Gasteiger partial charge in [-0.15, -0.1) is 0 Å². The van der Waals surface area contributed by atoms with Crippen LogP contribution in [0.2, 0.25) is 0 Å². The minimum Gasteiger partial charge on any atom is -0.478 e. The number of rotatable bonds is 8. The Balaban J connectivity index is 1.86. The van der Waals surface area contributed by atoms with Crippen LogP contribution in [0.5, 0.6) is 6.01 Å². The van der Waals surface area contributed by atoms with Crippen LogP contribution in [0.3, 0.4) is 0 Å². The number of aromatic carboxylic acids is 2. The maximum Gasteiger partial charge on any atom is 0.422 e. The Labute approximate surface area is 177 Å². The van der Waals surface area contributed by atoms with E-state index in [1.54, 1.807) is 0 Å². The second-order valence-corrected chi connectivity index (χ2v) is 6.18. The molecule has 0 spiro atoms. The van der Waals surface area contributed by atoms with Crippen molar-refractivity contribution >= 4 is 35.2 Å². The summed E-state index contributed by atoms with van der Waals surface area (Å²) in [6.07, 6.45) is -4.62. The molecule has 0 radical (unpaired) electrons. The summed E-state index contributed by atoms with van der Waals surface area (Å²) >= 11 is 0. The molecule has 0 fully saturated rings. The lowest BCUT2D eigenvalue weighted by atomic mass is 10.2. The van der Waals surface area contributed by atoms with Gasteiger partial charge in [-0.2, -0.15) is 28.1 Å². The first kappa shape index (κ1) is 22.3. The Morgan fingerprint density at radius 1 is 0.781 bits per heavy atom. The molecular formula is C19H14F3N5O5. The van der Waals surface area contributed by atoms with E-state index < -0.39 is 30.7 Å². The van der Waals surface area contributed by atoms with Crippen molar-refractivity contribution in [1.29, 1.82) is 0 Å². The summed E-state index contributed by atoms with van der Waals surface area (Å²) in [6, 6.07) is 10.3. The summed E-state index contributed by atoms with van der Waals surface area (Å²) in [5.41, 5.74) is 0.791. The van der Waals surface area contributed by atoms with Gasteiger partial charge in [0.25, 0.3) is 0 Å². The molecule has 1 aromatic heterocycles. The quantitative estimate of drug-likeness (QED) is 0.401. The Hall–Kier alpha value is -4.42. The van der Waals surface area contributed by atoms with Gasteiger partial charge in [-0.3, -0.25) is 0 Å². The molecule has 0 bridgehead atoms. The van der Waals surface area contributed by atoms with Crippen LogP contribution in [0.1, 0.15) is 20.7 Å². The summed E-state index contributed by atoms with van der Waals surface area (Å²) in [4.78, 5) is 33.5. The van der Waals surface area contributed by atoms with E-state index in [0.717, 1.165) is 0 Å². The highest BCUT2D eigenvalue weighted by molar-refractivity contribution is 5.88. The highest BCUT2D eigenvalue weighted by Gasteiger charge is 2.29. The van der Waals surface area contributed by atoms with Gasteiger partial charge < -0.3 is 25.6 Å². The van der Waals surface area contributed by atoms with E-state index >= 15 is 0 Å². The molecule has 0 atom stereocenters. The van der Waals surface area contributed by atoms with Crippen LogP contribution < -0.4 is 15.4 Å². The van der Waals surface area contributed by atoms with Gasteiger partial charge in [0.15, 0.2) is 6.61 Å². The number of aromatic nitrogens is 3. The summed E-state index contributed by atoms with van der Waals surface area (Å²) in [6.45, 7) is -1.63. The fraction of sp³-hybridized carbons (Fsp3) is 0.105. The Morgan fingerprint density at radius 3 is 1.53 bits per heavy atom. The third-order valence-electron chi connectivity index (χ3n) is 3.76. The molecule has 32 heavy (non-hydrogen) atoms. The Kier molecular flexibility index (Phi) is 6.37. The number of alkyl halides is 3. The molecule has 4 N–H and O–H groups in total. The van der Waals surface area contributed by atoms with Crippen LogP contribution in [0.15, 0.2) is 48.5 Å². The molecule has 3 rings (SSSR count). The van der Waals surface area contributed by atoms with E-state index in [1.165, 1.54) is 48.5 Å². The first-order valence-electron chi connectivity index (χ1n) is 8.75. The smallest absolute Gasteiger partial charge is 0.422 e. The van der Waals surface area contributed by atoms with Crippen molar-refractivity contribution in [2.45, 2.75) is 6.18 Å². The maximum absolute atomic E-state index is 12.5. The van der Waals surface area contributed by atoms with Crippen molar-refractivity contribution in [3.05, 3.63) is 59.7 Å². The van der Waals surface area contributed by atoms with Gasteiger partial charge in [0.2, 0.25) is 11.9 Å². The van der Waals surface area contributed by atoms with Crippen molar-refractivity contribution in [1.82, 2.24) is 15.0 Å². The maximum atomic E-state index is 12.5. The zero-order valence-corrected chi connectivity index (χ0v) is 15.9. The molecule has 166 valence electrons. The zero-order chi connectivity index (χ0) is 23.3. The van der Waals surface area contributed by atoms with Crippen LogP contribution in [0, 0.1) is 0 Å². The summed E-state index contributed by atoms with van der Waals surface area (Å²) in [5, 5.41) is 23.3. The molecule has 0 saturated heterocycles. The van der Waals surface area contributed by atoms with Gasteiger partial charge in [-0.25, -0.2) is 9.59 Å². The molecule has 0 aliphatic carbocycles. The van der Waals surface area contributed by atoms with Gasteiger partial charge in [-0.1, -0.05) is 0 Å². The minimum atomic E-state index is -4.62. The van der Waals surface area contributed by atoms with Crippen molar-refractivity contribution in [2.24, 2.45) is 0 Å². The molecule has 0 amide bonds. The SMILES string of the molecule is O=C(O)c1ccc(Nc2nc(Nc3ccc(C(=O)O)cc3)nc(OCC(F)(F)F)n2)cc1. The summed E-state index contributed by atoms with van der Waals surface area (Å²) in [5.74, 6) is -2.60. The van der Waals surface area contributed by atoms with Gasteiger partial charge in [0, 0.05) is 11.4 Å². The topological polar surface area (TPSA) is 147 Å². The van der Waals surface area contributed by atoms with Gasteiger partial charge in [0.05, 0.1) is 11.1 Å². The first-order chi connectivity index (χ1) is 15.1. The number of halogens is 3. The number of carbonyl (C=O) groups is 2. The van der Waals surface area contributed by atoms with E-state index in [1.807, 2.05) is 0 Å². The molecule has 0 aliphatic rings. The third kappa shape index (κ3) is 6.29. The first-order valence-corrected chi connectivity index (χ1v) is 8.75. The van der Waals surface area contributed by atoms with Gasteiger partial charge in [-0.05, 0) is 48.5 Å². The number of benzene rings is 2. The number of nitrogens with one attached hydrogen (secondary N) is 2. The fourth-order valence-electron chi connectivity index (χ4n) is 2.33. The molecule has 10 nitrogen and oxygen atoms in total. The van der Waals surface area contributed by atoms with Crippen LogP contribution in [-0.4, -0.2) is 49.9 Å². The third-order valence-corrected chi connectivity index (χ3v) is 3.76. The van der Waals surface area contributed by atoms with E-state index in [4.69, 9.17) is 10.2 Å². The number of nitrogens with zero attached hydrogens (tertiary/aromatic N) is 3. The van der Waals surface area contributed by atoms with Gasteiger partial charge >= 0.3 is 24.1 Å². The molecular weight excluding hydrogens is 435 g/mol. The van der Waals surface area contributed by atoms with Crippen molar-refractivity contribution in [3.63, 3.8) is 0 Å². The monoisotopic (exact) mass is 449 g/mol. The summed E-state index contributed by atoms with van der Waals surface area (Å²) in [7, 11) is 0. The second kappa shape index (κ2) is 9.16. The van der Waals surface area contributed by atoms with E-state index in [-0.39, 0.29) is 23.0 Å². The largest absolute Gasteiger partial charge is 0.478 e. The molecule has 2 aromatic carbocycles. The Bertz CT molecular complexity index is 1040. The van der Waals surface area contributed by atoms with Crippen LogP contribution >= 0.6 is 0 Å². The zero-order valence-electron chi connectivity index (χ0n) is 15.9. The standard InChI is InChI=1S/C19H14F3N5O5/c20-19(21,22)9-32-18-26-16(23-12-5-1-10(2-6-12)14(28)29)25-17(27-18)24-13-7-3-11(4-8-13)15(30)31/h1-8H,9H2,(H,28,29)(H,30,31)(H2,23,24,25,26,27). The number of carboxylic acid groups (broad SMARTS) is 2. The van der Waals surface area contributed by atoms with E-state index in [9.17, 15) is 22.8 Å². The number of carboxylic acids is 2. The highest BCUT2D eigenvalue weighted by Crippen LogP contribution is 2.22. The van der Waals surface area contributed by atoms with E-state index in [2.05, 4.69) is 30.3 Å². The number of hydrogen-bond donors (Lipinski definition) is 4. The fourth-order valence-corrected chi connectivity index (χ4v) is 2.33. The lowest BCUT2D eigenvalue weighted by molar-refractivity contribution is -0.154. The lowest BCUT2D eigenvalue weighted by Crippen LogP contribution is -2.20. The number of hydrogen-bond acceptors (Lipinski definition) is 8. The molecule has 3 aromatic rings. The predicted octanol–water partition coefficient (Wildman–Crippen LogP) is 3.70. The van der Waals surface area contributed by atoms with Crippen molar-refractivity contribution < 1.29 is 37.7 Å². The van der Waals surface area contributed by atoms with Crippen LogP contribution in [-0.2, 0) is 0 Å². The molecule has 0 aliphatic heterocycles. The molecule has 1 heterocycles. The highest BCUT2D eigenvalue weighted by atomic mass is 19.4. The number of ether oxygens (including phenoxy) is 1. The predicted molar refractivity (Wildman–Crippen MR) is 105 cm³/mol. The van der Waals surface area contributed by atoms with Crippen LogP contribution in [0.4, 0.5) is 36.4 Å². The van der Waals surface area contributed by atoms with E-state index in [0.29, 0.717) is 11.4 Å². The average Bonchev–Trinajstić information content (AvgIpc) is 2.72. The lowest BCUT2D eigenvalue weighted by Gasteiger charge is -2.12.